The van der Waals surface area contributed by atoms with Crippen molar-refractivity contribution < 1.29 is 34.4 Å². The van der Waals surface area contributed by atoms with Crippen LogP contribution in [-0.2, 0) is 19.1 Å². The molecule has 18 heavy (non-hydrogen) atoms. The molecule has 1 aliphatic rings. The Balaban J connectivity index is 2.74. The van der Waals surface area contributed by atoms with Gasteiger partial charge in [0.15, 0.2) is 18.6 Å². The smallest absolute Gasteiger partial charge is 0.328 e. The van der Waals surface area contributed by atoms with Gasteiger partial charge in [0, 0.05) is 13.3 Å². The van der Waals surface area contributed by atoms with Crippen molar-refractivity contribution >= 4 is 11.9 Å². The third kappa shape index (κ3) is 3.98. The average molecular weight is 264 g/mol. The second kappa shape index (κ2) is 6.18. The highest BCUT2D eigenvalue weighted by Gasteiger charge is 2.41. The first-order valence-electron chi connectivity index (χ1n) is 5.31. The maximum absolute atomic E-state index is 11.2. The molecule has 0 bridgehead atoms. The molecule has 1 saturated heterocycles. The van der Waals surface area contributed by atoms with E-state index in [1.54, 1.807) is 0 Å². The Bertz CT molecular complexity index is 324. The number of esters is 1. The summed E-state index contributed by atoms with van der Waals surface area (Å²) in [5.41, 5.74) is 2.13. The molecule has 0 spiro atoms. The van der Waals surface area contributed by atoms with Gasteiger partial charge in [0.25, 0.3) is 0 Å². The van der Waals surface area contributed by atoms with E-state index in [1.807, 2.05) is 0 Å². The summed E-state index contributed by atoms with van der Waals surface area (Å²) < 4.78 is 9.72. The van der Waals surface area contributed by atoms with E-state index >= 15 is 0 Å². The zero-order valence-electron chi connectivity index (χ0n) is 9.95. The van der Waals surface area contributed by atoms with E-state index in [9.17, 15) is 25.0 Å². The first-order chi connectivity index (χ1) is 8.31. The van der Waals surface area contributed by atoms with Crippen LogP contribution in [-0.4, -0.2) is 46.8 Å². The Morgan fingerprint density at radius 3 is 2.56 bits per heavy atom. The van der Waals surface area contributed by atoms with E-state index in [1.165, 1.54) is 0 Å². The lowest BCUT2D eigenvalue weighted by Crippen LogP contribution is -3.17. The van der Waals surface area contributed by atoms with Gasteiger partial charge in [-0.3, -0.25) is 4.79 Å². The minimum atomic E-state index is -1.32. The molecule has 5 atom stereocenters. The highest BCUT2D eigenvalue weighted by Crippen LogP contribution is 2.19. The number of quaternary nitrogens is 1. The fourth-order valence-electron chi connectivity index (χ4n) is 1.52. The molecular weight excluding hydrogens is 248 g/mol. The van der Waals surface area contributed by atoms with E-state index in [0.29, 0.717) is 0 Å². The molecule has 1 aliphatic heterocycles. The molecule has 1 amide bonds. The Morgan fingerprint density at radius 2 is 2.06 bits per heavy atom. The predicted molar refractivity (Wildman–Crippen MR) is 55.2 cm³/mol. The van der Waals surface area contributed by atoms with Crippen molar-refractivity contribution in [1.29, 1.82) is 0 Å². The fourth-order valence-corrected chi connectivity index (χ4v) is 1.52. The number of nitrogens with one attached hydrogen (secondary N) is 2. The average Bonchev–Trinajstić information content (AvgIpc) is 2.22. The SMILES string of the molecule is CC(=O)OC1C(O)C[C@@H](O)OC1N[NH+]([O-])C(C)=O. The number of carbonyl (C=O) groups is 2. The van der Waals surface area contributed by atoms with E-state index in [4.69, 9.17) is 9.47 Å². The number of hydrogen-bond donors (Lipinski definition) is 4. The quantitative estimate of drug-likeness (QED) is 0.309. The zero-order chi connectivity index (χ0) is 13.9. The van der Waals surface area contributed by atoms with Crippen molar-refractivity contribution in [3.05, 3.63) is 5.21 Å². The van der Waals surface area contributed by atoms with Gasteiger partial charge in [0.1, 0.15) is 0 Å². The molecule has 1 heterocycles. The highest BCUT2D eigenvalue weighted by molar-refractivity contribution is 5.66. The van der Waals surface area contributed by atoms with E-state index in [2.05, 4.69) is 5.43 Å². The number of rotatable bonds is 3. The summed E-state index contributed by atoms with van der Waals surface area (Å²) in [7, 11) is 0. The van der Waals surface area contributed by atoms with Crippen LogP contribution in [0.3, 0.4) is 0 Å². The van der Waals surface area contributed by atoms with E-state index in [0.717, 1.165) is 13.8 Å². The first-order valence-corrected chi connectivity index (χ1v) is 5.31. The van der Waals surface area contributed by atoms with Crippen LogP contribution < -0.4 is 10.6 Å². The van der Waals surface area contributed by atoms with E-state index < -0.39 is 41.8 Å². The molecule has 104 valence electrons. The molecule has 0 aromatic carbocycles. The molecule has 9 nitrogen and oxygen atoms in total. The minimum absolute atomic E-state index is 0.162. The monoisotopic (exact) mass is 264 g/mol. The van der Waals surface area contributed by atoms with Gasteiger partial charge in [-0.1, -0.05) is 0 Å². The minimum Gasteiger partial charge on any atom is -0.606 e. The van der Waals surface area contributed by atoms with Crippen LogP contribution in [0.4, 0.5) is 0 Å². The van der Waals surface area contributed by atoms with Crippen molar-refractivity contribution in [2.75, 3.05) is 0 Å². The molecule has 4 unspecified atom stereocenters. The summed E-state index contributed by atoms with van der Waals surface area (Å²) in [6, 6.07) is 0. The summed E-state index contributed by atoms with van der Waals surface area (Å²) in [6.45, 7) is 2.17. The van der Waals surface area contributed by atoms with Crippen molar-refractivity contribution in [2.45, 2.75) is 45.0 Å². The number of hydrogen-bond acceptors (Lipinski definition) is 8. The molecule has 1 fully saturated rings. The number of ether oxygens (including phenoxy) is 2. The number of carbonyl (C=O) groups excluding carboxylic acids is 2. The summed E-state index contributed by atoms with van der Waals surface area (Å²) in [5.74, 6) is -1.45. The molecule has 0 aliphatic carbocycles. The van der Waals surface area contributed by atoms with Crippen molar-refractivity contribution in [2.24, 2.45) is 0 Å². The number of aliphatic hydroxyl groups excluding tert-OH is 2. The van der Waals surface area contributed by atoms with E-state index in [-0.39, 0.29) is 6.42 Å². The second-order valence-electron chi connectivity index (χ2n) is 3.92. The van der Waals surface area contributed by atoms with Crippen LogP contribution in [0.1, 0.15) is 20.3 Å². The van der Waals surface area contributed by atoms with Crippen LogP contribution in [0.15, 0.2) is 0 Å². The Hall–Kier alpha value is -1.10. The first kappa shape index (κ1) is 15.0. The van der Waals surface area contributed by atoms with Crippen molar-refractivity contribution in [3.8, 4) is 0 Å². The third-order valence-corrected chi connectivity index (χ3v) is 2.32. The normalized spacial score (nSPS) is 33.8. The van der Waals surface area contributed by atoms with Gasteiger partial charge in [-0.2, -0.15) is 0 Å². The van der Waals surface area contributed by atoms with Crippen LogP contribution in [0, 0.1) is 5.21 Å². The zero-order valence-corrected chi connectivity index (χ0v) is 9.95. The lowest BCUT2D eigenvalue weighted by atomic mass is 10.1. The molecule has 4 N–H and O–H groups in total. The number of aliphatic hydroxyl groups is 2. The molecule has 1 rings (SSSR count). The number of hydroxylamine groups is 1. The maximum atomic E-state index is 11.2. The summed E-state index contributed by atoms with van der Waals surface area (Å²) in [5, 5.41) is 29.2. The van der Waals surface area contributed by atoms with Gasteiger partial charge in [0.2, 0.25) is 0 Å². The van der Waals surface area contributed by atoms with Crippen LogP contribution in [0.25, 0.3) is 0 Å². The lowest BCUT2D eigenvalue weighted by molar-refractivity contribution is -0.826. The van der Waals surface area contributed by atoms with Gasteiger partial charge < -0.3 is 24.9 Å². The predicted octanol–water partition coefficient (Wildman–Crippen LogP) is -3.22. The van der Waals surface area contributed by atoms with Gasteiger partial charge in [-0.25, -0.2) is 9.97 Å². The van der Waals surface area contributed by atoms with Gasteiger partial charge >= 0.3 is 11.9 Å². The second-order valence-corrected chi connectivity index (χ2v) is 3.92. The number of amides is 1. The van der Waals surface area contributed by atoms with Crippen LogP contribution in [0.2, 0.25) is 0 Å². The van der Waals surface area contributed by atoms with Gasteiger partial charge in [0.05, 0.1) is 13.0 Å². The Labute approximate surface area is 103 Å². The van der Waals surface area contributed by atoms with Crippen molar-refractivity contribution in [1.82, 2.24) is 5.43 Å². The Morgan fingerprint density at radius 1 is 1.44 bits per heavy atom. The molecule has 0 aromatic heterocycles. The fraction of sp³-hybridized carbons (Fsp3) is 0.778. The third-order valence-electron chi connectivity index (χ3n) is 2.32. The molecule has 9 heteroatoms. The maximum Gasteiger partial charge on any atom is 0.328 e. The topological polar surface area (TPSA) is 133 Å². The highest BCUT2D eigenvalue weighted by atomic mass is 16.7. The van der Waals surface area contributed by atoms with Crippen LogP contribution >= 0.6 is 0 Å². The summed E-state index contributed by atoms with van der Waals surface area (Å²) in [6.07, 6.45) is -5.12. The summed E-state index contributed by atoms with van der Waals surface area (Å²) >= 11 is 0. The van der Waals surface area contributed by atoms with Crippen molar-refractivity contribution in [3.63, 3.8) is 0 Å². The molecular formula is C9H16N2O7. The van der Waals surface area contributed by atoms with Gasteiger partial charge in [-0.05, 0) is 0 Å². The molecule has 0 aromatic rings. The van der Waals surface area contributed by atoms with Gasteiger partial charge in [-0.15, -0.1) is 5.43 Å². The largest absolute Gasteiger partial charge is 0.606 e. The molecule has 0 saturated carbocycles. The Kier molecular flexibility index (Phi) is 5.14. The van der Waals surface area contributed by atoms with Crippen LogP contribution in [0.5, 0.6) is 0 Å². The standard InChI is InChI=1S/C9H16N2O7/c1-4(12)11(16)10-9-8(17-5(2)13)6(14)3-7(15)18-9/h6-11,14-15H,3H2,1-2H3/t6?,7-,8?,9?/m0/s1. The molecule has 0 radical (unpaired) electrons. The lowest BCUT2D eigenvalue weighted by Gasteiger charge is -2.38. The summed E-state index contributed by atoms with van der Waals surface area (Å²) in [4.78, 5) is 21.7.